The molecule has 0 radical (unpaired) electrons. The molecule has 7 nitrogen and oxygen atoms in total. The predicted molar refractivity (Wildman–Crippen MR) is 101 cm³/mol. The average molecular weight is 381 g/mol. The summed E-state index contributed by atoms with van der Waals surface area (Å²) < 4.78 is 26.2. The zero-order valence-electron chi connectivity index (χ0n) is 15.3. The zero-order valence-corrected chi connectivity index (χ0v) is 16.1. The van der Waals surface area contributed by atoms with Crippen molar-refractivity contribution in [1.82, 2.24) is 14.9 Å². The fourth-order valence-corrected chi connectivity index (χ4v) is 3.16. The summed E-state index contributed by atoms with van der Waals surface area (Å²) in [5, 5.41) is 2.76. The van der Waals surface area contributed by atoms with E-state index in [0.717, 1.165) is 19.4 Å². The summed E-state index contributed by atoms with van der Waals surface area (Å²) in [6.07, 6.45) is 1.77. The van der Waals surface area contributed by atoms with Crippen molar-refractivity contribution in [2.75, 3.05) is 26.7 Å². The summed E-state index contributed by atoms with van der Waals surface area (Å²) in [5.74, 6) is -0.677. The average Bonchev–Trinajstić information content (AvgIpc) is 2.59. The summed E-state index contributed by atoms with van der Waals surface area (Å²) >= 11 is 0. The van der Waals surface area contributed by atoms with E-state index in [0.29, 0.717) is 18.7 Å². The molecule has 0 aromatic heterocycles. The molecule has 26 heavy (non-hydrogen) atoms. The van der Waals surface area contributed by atoms with Crippen molar-refractivity contribution >= 4 is 21.8 Å². The van der Waals surface area contributed by atoms with Gasteiger partial charge in [-0.15, -0.1) is 0 Å². The fourth-order valence-electron chi connectivity index (χ4n) is 2.12. The number of benzene rings is 1. The van der Waals surface area contributed by atoms with Gasteiger partial charge in [-0.05, 0) is 45.5 Å². The number of hydrogen-bond donors (Lipinski definition) is 2. The van der Waals surface area contributed by atoms with E-state index in [1.54, 1.807) is 25.1 Å². The van der Waals surface area contributed by atoms with Crippen molar-refractivity contribution in [2.24, 2.45) is 0 Å². The van der Waals surface area contributed by atoms with Gasteiger partial charge in [0.05, 0.1) is 4.90 Å². The molecule has 0 heterocycles. The first-order valence-electron chi connectivity index (χ1n) is 8.45. The van der Waals surface area contributed by atoms with Crippen LogP contribution < -0.4 is 10.0 Å². The highest BCUT2D eigenvalue weighted by molar-refractivity contribution is 7.90. The maximum atomic E-state index is 12.0. The number of sulfonamides is 1. The van der Waals surface area contributed by atoms with E-state index in [-0.39, 0.29) is 17.2 Å². The standard InChI is InChI=1S/C18H27N3O4S/c1-15(2)18(23)19-12-7-8-13-21(3)14-11-17(22)20-26(24,25)16-9-5-4-6-10-16/h4-6,9-10H,1,7-8,11-14H2,2-3H3,(H,19,23)(H,20,22). The van der Waals surface area contributed by atoms with Gasteiger partial charge in [0.2, 0.25) is 11.8 Å². The highest BCUT2D eigenvalue weighted by Gasteiger charge is 2.17. The summed E-state index contributed by atoms with van der Waals surface area (Å²) in [7, 11) is -1.95. The Bertz CT molecular complexity index is 717. The minimum Gasteiger partial charge on any atom is -0.352 e. The first-order chi connectivity index (χ1) is 12.2. The minimum atomic E-state index is -3.81. The quantitative estimate of drug-likeness (QED) is 0.445. The smallest absolute Gasteiger partial charge is 0.264 e. The Morgan fingerprint density at radius 2 is 1.77 bits per heavy atom. The van der Waals surface area contributed by atoms with Crippen molar-refractivity contribution in [3.63, 3.8) is 0 Å². The lowest BCUT2D eigenvalue weighted by atomic mass is 10.2. The fraction of sp³-hybridized carbons (Fsp3) is 0.444. The van der Waals surface area contributed by atoms with Crippen LogP contribution >= 0.6 is 0 Å². The van der Waals surface area contributed by atoms with Crippen molar-refractivity contribution in [2.45, 2.75) is 31.1 Å². The lowest BCUT2D eigenvalue weighted by Gasteiger charge is -2.16. The van der Waals surface area contributed by atoms with E-state index in [4.69, 9.17) is 0 Å². The van der Waals surface area contributed by atoms with Crippen molar-refractivity contribution in [3.8, 4) is 0 Å². The van der Waals surface area contributed by atoms with Crippen LogP contribution in [0, 0.1) is 0 Å². The van der Waals surface area contributed by atoms with E-state index in [2.05, 4.69) is 16.6 Å². The van der Waals surface area contributed by atoms with Gasteiger partial charge in [0, 0.05) is 25.1 Å². The molecule has 0 saturated heterocycles. The molecular formula is C18H27N3O4S. The molecule has 0 bridgehead atoms. The summed E-state index contributed by atoms with van der Waals surface area (Å²) in [6.45, 7) is 7.01. The van der Waals surface area contributed by atoms with Gasteiger partial charge in [0.25, 0.3) is 10.0 Å². The Morgan fingerprint density at radius 1 is 1.12 bits per heavy atom. The zero-order chi connectivity index (χ0) is 19.6. The topological polar surface area (TPSA) is 95.6 Å². The molecule has 1 aromatic rings. The second-order valence-electron chi connectivity index (χ2n) is 6.14. The second kappa shape index (κ2) is 10.7. The third-order valence-electron chi connectivity index (χ3n) is 3.66. The maximum Gasteiger partial charge on any atom is 0.264 e. The Balaban J connectivity index is 2.24. The number of rotatable bonds is 11. The van der Waals surface area contributed by atoms with Gasteiger partial charge >= 0.3 is 0 Å². The molecule has 1 aromatic carbocycles. The van der Waals surface area contributed by atoms with E-state index < -0.39 is 15.9 Å². The number of nitrogens with zero attached hydrogens (tertiary/aromatic N) is 1. The lowest BCUT2D eigenvalue weighted by Crippen LogP contribution is -2.33. The van der Waals surface area contributed by atoms with Crippen LogP contribution in [0.3, 0.4) is 0 Å². The number of unbranched alkanes of at least 4 members (excludes halogenated alkanes) is 1. The molecule has 2 amide bonds. The Kier molecular flexibility index (Phi) is 9.01. The number of hydrogen-bond acceptors (Lipinski definition) is 5. The van der Waals surface area contributed by atoms with Crippen LogP contribution in [0.25, 0.3) is 0 Å². The summed E-state index contributed by atoms with van der Waals surface area (Å²) in [5.41, 5.74) is 0.485. The molecule has 0 unspecified atom stereocenters. The molecule has 0 spiro atoms. The first-order valence-corrected chi connectivity index (χ1v) is 9.93. The highest BCUT2D eigenvalue weighted by atomic mass is 32.2. The number of carbonyl (C=O) groups excluding carboxylic acids is 2. The molecule has 0 fully saturated rings. The first kappa shape index (κ1) is 21.9. The van der Waals surface area contributed by atoms with Gasteiger partial charge < -0.3 is 10.2 Å². The Labute approximate surface area is 155 Å². The predicted octanol–water partition coefficient (Wildman–Crippen LogP) is 1.29. The maximum absolute atomic E-state index is 12.0. The molecule has 144 valence electrons. The molecule has 0 aliphatic heterocycles. The highest BCUT2D eigenvalue weighted by Crippen LogP contribution is 2.07. The van der Waals surface area contributed by atoms with Crippen LogP contribution in [0.4, 0.5) is 0 Å². The third kappa shape index (κ3) is 8.26. The largest absolute Gasteiger partial charge is 0.352 e. The number of carbonyl (C=O) groups is 2. The third-order valence-corrected chi connectivity index (χ3v) is 5.05. The van der Waals surface area contributed by atoms with Gasteiger partial charge in [0.1, 0.15) is 0 Å². The van der Waals surface area contributed by atoms with Gasteiger partial charge in [0.15, 0.2) is 0 Å². The summed E-state index contributed by atoms with van der Waals surface area (Å²) in [4.78, 5) is 25.2. The van der Waals surface area contributed by atoms with E-state index in [1.807, 2.05) is 11.9 Å². The Morgan fingerprint density at radius 3 is 2.38 bits per heavy atom. The molecule has 0 aliphatic rings. The van der Waals surface area contributed by atoms with Crippen LogP contribution in [0.1, 0.15) is 26.2 Å². The van der Waals surface area contributed by atoms with Crippen molar-refractivity contribution < 1.29 is 18.0 Å². The summed E-state index contributed by atoms with van der Waals surface area (Å²) in [6, 6.07) is 7.79. The second-order valence-corrected chi connectivity index (χ2v) is 7.82. The molecule has 2 N–H and O–H groups in total. The van der Waals surface area contributed by atoms with Crippen LogP contribution in [-0.4, -0.2) is 51.8 Å². The van der Waals surface area contributed by atoms with Crippen molar-refractivity contribution in [3.05, 3.63) is 42.5 Å². The van der Waals surface area contributed by atoms with Crippen LogP contribution in [0.5, 0.6) is 0 Å². The van der Waals surface area contributed by atoms with E-state index >= 15 is 0 Å². The van der Waals surface area contributed by atoms with Gasteiger partial charge in [-0.25, -0.2) is 13.1 Å². The molecule has 1 rings (SSSR count). The van der Waals surface area contributed by atoms with Crippen LogP contribution in [-0.2, 0) is 19.6 Å². The SMILES string of the molecule is C=C(C)C(=O)NCCCCN(C)CCC(=O)NS(=O)(=O)c1ccccc1. The molecule has 0 saturated carbocycles. The van der Waals surface area contributed by atoms with Crippen molar-refractivity contribution in [1.29, 1.82) is 0 Å². The molecule has 8 heteroatoms. The van der Waals surface area contributed by atoms with Gasteiger partial charge in [-0.2, -0.15) is 0 Å². The molecule has 0 aliphatic carbocycles. The lowest BCUT2D eigenvalue weighted by molar-refractivity contribution is -0.119. The Hall–Kier alpha value is -2.19. The van der Waals surface area contributed by atoms with Gasteiger partial charge in [-0.3, -0.25) is 9.59 Å². The minimum absolute atomic E-state index is 0.0681. The monoisotopic (exact) mass is 381 g/mol. The van der Waals surface area contributed by atoms with Gasteiger partial charge in [-0.1, -0.05) is 24.8 Å². The molecule has 0 atom stereocenters. The van der Waals surface area contributed by atoms with E-state index in [1.165, 1.54) is 12.1 Å². The van der Waals surface area contributed by atoms with Crippen LogP contribution in [0.2, 0.25) is 0 Å². The number of amides is 2. The number of nitrogens with one attached hydrogen (secondary N) is 2. The van der Waals surface area contributed by atoms with E-state index in [9.17, 15) is 18.0 Å². The molecular weight excluding hydrogens is 354 g/mol. The van der Waals surface area contributed by atoms with Crippen LogP contribution in [0.15, 0.2) is 47.4 Å². The normalized spacial score (nSPS) is 11.2.